The molecular weight excluding hydrogens is 324 g/mol. The Kier molecular flexibility index (Phi) is 4.41. The van der Waals surface area contributed by atoms with Gasteiger partial charge in [-0.05, 0) is 44.9 Å². The molecule has 2 amide bonds. The monoisotopic (exact) mass is 346 g/mol. The number of anilines is 2. The fraction of sp³-hybridized carbons (Fsp3) is 0.500. The van der Waals surface area contributed by atoms with Crippen molar-refractivity contribution in [1.82, 2.24) is 0 Å². The molecule has 1 aliphatic carbocycles. The molecule has 0 spiro atoms. The number of carbonyl (C=O) groups excluding carboxylic acids is 2. The van der Waals surface area contributed by atoms with E-state index >= 15 is 0 Å². The highest BCUT2D eigenvalue weighted by molar-refractivity contribution is 6.01. The first-order valence-electron chi connectivity index (χ1n) is 8.46. The lowest BCUT2D eigenvalue weighted by molar-refractivity contribution is -0.147. The van der Waals surface area contributed by atoms with Crippen molar-refractivity contribution in [2.75, 3.05) is 10.6 Å². The van der Waals surface area contributed by atoms with Gasteiger partial charge in [-0.15, -0.1) is 0 Å². The third kappa shape index (κ3) is 3.45. The van der Waals surface area contributed by atoms with E-state index < -0.39 is 23.4 Å². The molecule has 1 fully saturated rings. The minimum Gasteiger partial charge on any atom is -0.481 e. The summed E-state index contributed by atoms with van der Waals surface area (Å²) in [6, 6.07) is 4.99. The van der Waals surface area contributed by atoms with Gasteiger partial charge in [0, 0.05) is 5.69 Å². The van der Waals surface area contributed by atoms with Crippen LogP contribution in [0, 0.1) is 11.8 Å². The van der Waals surface area contributed by atoms with Gasteiger partial charge in [-0.3, -0.25) is 14.4 Å². The number of benzene rings is 1. The van der Waals surface area contributed by atoms with Crippen LogP contribution in [0.1, 0.15) is 39.5 Å². The van der Waals surface area contributed by atoms with Gasteiger partial charge in [-0.2, -0.15) is 0 Å². The molecule has 7 heteroatoms. The number of amides is 2. The van der Waals surface area contributed by atoms with Crippen LogP contribution in [-0.2, 0) is 14.4 Å². The third-order valence-electron chi connectivity index (χ3n) is 4.83. The summed E-state index contributed by atoms with van der Waals surface area (Å²) in [5, 5.41) is 14.8. The lowest BCUT2D eigenvalue weighted by Crippen LogP contribution is -2.45. The number of carbonyl (C=O) groups is 3. The number of carboxylic acid groups (broad SMARTS) is 1. The summed E-state index contributed by atoms with van der Waals surface area (Å²) >= 11 is 0. The largest absolute Gasteiger partial charge is 0.481 e. The summed E-state index contributed by atoms with van der Waals surface area (Å²) in [7, 11) is 0. The third-order valence-corrected chi connectivity index (χ3v) is 4.83. The molecule has 1 saturated carbocycles. The van der Waals surface area contributed by atoms with Crippen molar-refractivity contribution >= 4 is 29.2 Å². The van der Waals surface area contributed by atoms with Crippen LogP contribution in [0.4, 0.5) is 11.4 Å². The van der Waals surface area contributed by atoms with Gasteiger partial charge >= 0.3 is 5.97 Å². The maximum Gasteiger partial charge on any atom is 0.307 e. The predicted octanol–water partition coefficient (Wildman–Crippen LogP) is 2.63. The minimum atomic E-state index is -0.950. The van der Waals surface area contributed by atoms with Gasteiger partial charge in [0.1, 0.15) is 5.75 Å². The van der Waals surface area contributed by atoms with Crippen molar-refractivity contribution < 1.29 is 24.2 Å². The quantitative estimate of drug-likeness (QED) is 0.780. The van der Waals surface area contributed by atoms with Gasteiger partial charge in [0.05, 0.1) is 17.5 Å². The summed E-state index contributed by atoms with van der Waals surface area (Å²) < 4.78 is 5.65. The van der Waals surface area contributed by atoms with Gasteiger partial charge in [-0.1, -0.05) is 12.8 Å². The first-order valence-corrected chi connectivity index (χ1v) is 8.46. The number of fused-ring (bicyclic) bond motifs is 1. The molecule has 1 heterocycles. The average molecular weight is 346 g/mol. The summed E-state index contributed by atoms with van der Waals surface area (Å²) in [6.45, 7) is 3.35. The number of carboxylic acids is 1. The van der Waals surface area contributed by atoms with Crippen molar-refractivity contribution in [1.29, 1.82) is 0 Å². The van der Waals surface area contributed by atoms with E-state index in [4.69, 9.17) is 4.74 Å². The maximum absolute atomic E-state index is 12.5. The number of hydrogen-bond donors (Lipinski definition) is 3. The Balaban J connectivity index is 1.75. The fourth-order valence-corrected chi connectivity index (χ4v) is 3.36. The average Bonchev–Trinajstić information content (AvgIpc) is 2.56. The van der Waals surface area contributed by atoms with Crippen LogP contribution in [0.2, 0.25) is 0 Å². The molecule has 0 bridgehead atoms. The van der Waals surface area contributed by atoms with Crippen LogP contribution < -0.4 is 15.4 Å². The number of ether oxygens (including phenoxy) is 1. The molecule has 3 N–H and O–H groups in total. The van der Waals surface area contributed by atoms with Crippen molar-refractivity contribution in [2.45, 2.75) is 45.1 Å². The second-order valence-electron chi connectivity index (χ2n) is 7.10. The van der Waals surface area contributed by atoms with Crippen molar-refractivity contribution in [3.63, 3.8) is 0 Å². The molecule has 0 radical (unpaired) electrons. The van der Waals surface area contributed by atoms with Crippen LogP contribution in [0.3, 0.4) is 0 Å². The Morgan fingerprint density at radius 1 is 1.24 bits per heavy atom. The minimum absolute atomic E-state index is 0.262. The highest BCUT2D eigenvalue weighted by Gasteiger charge is 2.37. The first-order chi connectivity index (χ1) is 11.8. The van der Waals surface area contributed by atoms with Crippen LogP contribution in [-0.4, -0.2) is 28.5 Å². The van der Waals surface area contributed by atoms with Crippen LogP contribution in [0.25, 0.3) is 0 Å². The zero-order valence-electron chi connectivity index (χ0n) is 14.3. The molecule has 2 atom stereocenters. The molecule has 0 aromatic heterocycles. The normalized spacial score (nSPS) is 24.5. The lowest BCUT2D eigenvalue weighted by atomic mass is 9.78. The smallest absolute Gasteiger partial charge is 0.307 e. The Bertz CT molecular complexity index is 728. The number of nitrogens with one attached hydrogen (secondary N) is 2. The van der Waals surface area contributed by atoms with E-state index in [2.05, 4.69) is 10.6 Å². The van der Waals surface area contributed by atoms with E-state index in [1.54, 1.807) is 32.0 Å². The topological polar surface area (TPSA) is 105 Å². The van der Waals surface area contributed by atoms with Crippen molar-refractivity contribution in [3.05, 3.63) is 18.2 Å². The maximum atomic E-state index is 12.5. The summed E-state index contributed by atoms with van der Waals surface area (Å²) in [5.41, 5.74) is 0.0387. The molecule has 7 nitrogen and oxygen atoms in total. The standard InChI is InChI=1S/C18H22N2O5/c1-18(2)17(24)20-13-9-10(7-8-14(13)25-18)19-15(21)11-5-3-4-6-12(11)16(22)23/h7-9,11-12H,3-6H2,1-2H3,(H,19,21)(H,20,24)(H,22,23). The Hall–Kier alpha value is -2.57. The molecule has 0 saturated heterocycles. The molecule has 2 aliphatic rings. The lowest BCUT2D eigenvalue weighted by Gasteiger charge is -2.32. The van der Waals surface area contributed by atoms with Crippen LogP contribution in [0.5, 0.6) is 5.75 Å². The van der Waals surface area contributed by atoms with Gasteiger partial charge in [-0.25, -0.2) is 0 Å². The Labute approximate surface area is 145 Å². The second-order valence-corrected chi connectivity index (χ2v) is 7.10. The zero-order valence-corrected chi connectivity index (χ0v) is 14.3. The van der Waals surface area contributed by atoms with E-state index in [1.807, 2.05) is 0 Å². The Morgan fingerprint density at radius 2 is 1.92 bits per heavy atom. The van der Waals surface area contributed by atoms with Gasteiger partial charge in [0.15, 0.2) is 5.60 Å². The van der Waals surface area contributed by atoms with E-state index in [0.29, 0.717) is 30.0 Å². The number of hydrogen-bond acceptors (Lipinski definition) is 4. The van der Waals surface area contributed by atoms with E-state index in [1.165, 1.54) is 0 Å². The van der Waals surface area contributed by atoms with Crippen LogP contribution >= 0.6 is 0 Å². The first kappa shape index (κ1) is 17.3. The van der Waals surface area contributed by atoms with E-state index in [-0.39, 0.29) is 11.8 Å². The highest BCUT2D eigenvalue weighted by Crippen LogP contribution is 2.36. The van der Waals surface area contributed by atoms with Crippen LogP contribution in [0.15, 0.2) is 18.2 Å². The molecule has 1 aromatic rings. The summed E-state index contributed by atoms with van der Waals surface area (Å²) in [6.07, 6.45) is 2.78. The number of rotatable bonds is 3. The Morgan fingerprint density at radius 3 is 2.60 bits per heavy atom. The van der Waals surface area contributed by atoms with Crippen molar-refractivity contribution in [2.24, 2.45) is 11.8 Å². The second kappa shape index (κ2) is 6.38. The van der Waals surface area contributed by atoms with E-state index in [0.717, 1.165) is 12.8 Å². The van der Waals surface area contributed by atoms with E-state index in [9.17, 15) is 19.5 Å². The van der Waals surface area contributed by atoms with Gasteiger partial charge in [0.2, 0.25) is 5.91 Å². The highest BCUT2D eigenvalue weighted by atomic mass is 16.5. The SMILES string of the molecule is CC1(C)Oc2ccc(NC(=O)C3CCCCC3C(=O)O)cc2NC1=O. The molecule has 3 rings (SSSR count). The zero-order chi connectivity index (χ0) is 18.2. The molecule has 1 aliphatic heterocycles. The molecule has 25 heavy (non-hydrogen) atoms. The molecule has 1 aromatic carbocycles. The van der Waals surface area contributed by atoms with Gasteiger partial charge in [0.25, 0.3) is 5.91 Å². The number of aliphatic carboxylic acids is 1. The molecule has 2 unspecified atom stereocenters. The van der Waals surface area contributed by atoms with Crippen molar-refractivity contribution in [3.8, 4) is 5.75 Å². The predicted molar refractivity (Wildman–Crippen MR) is 91.5 cm³/mol. The summed E-state index contributed by atoms with van der Waals surface area (Å²) in [5.74, 6) is -2.13. The fourth-order valence-electron chi connectivity index (χ4n) is 3.36. The summed E-state index contributed by atoms with van der Waals surface area (Å²) in [4.78, 5) is 35.9. The molecule has 134 valence electrons. The van der Waals surface area contributed by atoms with Gasteiger partial charge < -0.3 is 20.5 Å². The molecular formula is C18H22N2O5.